The highest BCUT2D eigenvalue weighted by Crippen LogP contribution is 2.23. The van der Waals surface area contributed by atoms with Crippen LogP contribution in [-0.2, 0) is 32.6 Å². The Morgan fingerprint density at radius 2 is 1.81 bits per heavy atom. The molecular weight excluding hydrogens is 422 g/mol. The number of carboxylic acids is 1. The van der Waals surface area contributed by atoms with Crippen molar-refractivity contribution in [1.29, 1.82) is 0 Å². The van der Waals surface area contributed by atoms with Crippen LogP contribution in [0.4, 0.5) is 4.79 Å². The number of amides is 1. The zero-order valence-corrected chi connectivity index (χ0v) is 17.5. The van der Waals surface area contributed by atoms with Crippen LogP contribution < -0.4 is 0 Å². The van der Waals surface area contributed by atoms with Crippen LogP contribution >= 0.6 is 0 Å². The Balaban J connectivity index is 1.97. The molecular formula is C21H21N3O6S. The number of imidazole rings is 1. The standard InChI is InChI=1S/C21H21N3O6S/c1-15-7-9-18(10-8-15)31(28,29)24(19(20(25)26)11-17-12-22-14-23-17)21(27)30-13-16-5-3-2-4-6-16/h2-10,12,14,19H,11,13H2,1H3,(H,22,23)(H,25,26)/t19-/m0/s1. The van der Waals surface area contributed by atoms with E-state index in [-0.39, 0.29) is 27.9 Å². The SMILES string of the molecule is Cc1ccc(S(=O)(=O)N(C(=O)OCc2ccccc2)[C@@H](Cc2c[nH]cn2)C(=O)O)cc1. The number of nitrogens with one attached hydrogen (secondary N) is 1. The predicted molar refractivity (Wildman–Crippen MR) is 111 cm³/mol. The van der Waals surface area contributed by atoms with E-state index in [0.717, 1.165) is 5.56 Å². The summed E-state index contributed by atoms with van der Waals surface area (Å²) in [5.74, 6) is -1.50. The summed E-state index contributed by atoms with van der Waals surface area (Å²) < 4.78 is 32.1. The van der Waals surface area contributed by atoms with E-state index in [1.807, 2.05) is 0 Å². The molecule has 0 spiro atoms. The van der Waals surface area contributed by atoms with Crippen LogP contribution in [0.15, 0.2) is 72.0 Å². The lowest BCUT2D eigenvalue weighted by Gasteiger charge is -2.27. The molecule has 0 aliphatic rings. The van der Waals surface area contributed by atoms with Gasteiger partial charge < -0.3 is 14.8 Å². The molecule has 0 saturated carbocycles. The lowest BCUT2D eigenvalue weighted by atomic mass is 10.2. The number of carbonyl (C=O) groups is 2. The first-order chi connectivity index (χ1) is 14.8. The van der Waals surface area contributed by atoms with Crippen LogP contribution in [0, 0.1) is 6.92 Å². The number of carboxylic acid groups (broad SMARTS) is 1. The first-order valence-electron chi connectivity index (χ1n) is 9.31. The number of hydrogen-bond donors (Lipinski definition) is 2. The van der Waals surface area contributed by atoms with Crippen molar-refractivity contribution in [3.05, 3.63) is 83.9 Å². The van der Waals surface area contributed by atoms with Gasteiger partial charge in [0.15, 0.2) is 6.04 Å². The molecule has 3 aromatic rings. The van der Waals surface area contributed by atoms with Gasteiger partial charge in [-0.25, -0.2) is 23.0 Å². The molecule has 0 fully saturated rings. The molecule has 0 aliphatic carbocycles. The van der Waals surface area contributed by atoms with Crippen molar-refractivity contribution in [2.75, 3.05) is 0 Å². The summed E-state index contributed by atoms with van der Waals surface area (Å²) in [5, 5.41) is 9.78. The van der Waals surface area contributed by atoms with E-state index < -0.39 is 28.1 Å². The number of benzene rings is 2. The van der Waals surface area contributed by atoms with Gasteiger partial charge in [0.25, 0.3) is 10.0 Å². The number of carbonyl (C=O) groups excluding carboxylic acids is 1. The number of nitrogens with zero attached hydrogens (tertiary/aromatic N) is 2. The molecule has 3 rings (SSSR count). The van der Waals surface area contributed by atoms with E-state index in [4.69, 9.17) is 4.74 Å². The zero-order chi connectivity index (χ0) is 22.4. The number of aromatic nitrogens is 2. The molecule has 9 nitrogen and oxygen atoms in total. The molecule has 0 bridgehead atoms. The maximum Gasteiger partial charge on any atom is 0.425 e. The second-order valence-corrected chi connectivity index (χ2v) is 8.59. The van der Waals surface area contributed by atoms with E-state index in [1.165, 1.54) is 24.7 Å². The van der Waals surface area contributed by atoms with Gasteiger partial charge in [0.05, 0.1) is 16.9 Å². The van der Waals surface area contributed by atoms with Crippen LogP contribution in [0.25, 0.3) is 0 Å². The molecule has 10 heteroatoms. The molecule has 162 valence electrons. The summed E-state index contributed by atoms with van der Waals surface area (Å²) in [7, 11) is -4.53. The molecule has 2 N–H and O–H groups in total. The Kier molecular flexibility index (Phi) is 6.71. The van der Waals surface area contributed by atoms with E-state index in [0.29, 0.717) is 5.56 Å². The molecule has 31 heavy (non-hydrogen) atoms. The third kappa shape index (κ3) is 5.28. The van der Waals surface area contributed by atoms with Gasteiger partial charge >= 0.3 is 12.1 Å². The van der Waals surface area contributed by atoms with Gasteiger partial charge in [0, 0.05) is 12.6 Å². The van der Waals surface area contributed by atoms with Gasteiger partial charge in [-0.15, -0.1) is 0 Å². The van der Waals surface area contributed by atoms with Crippen molar-refractivity contribution in [2.45, 2.75) is 30.9 Å². The highest BCUT2D eigenvalue weighted by molar-refractivity contribution is 7.89. The summed E-state index contributed by atoms with van der Waals surface area (Å²) in [5.41, 5.74) is 1.72. The van der Waals surface area contributed by atoms with E-state index in [1.54, 1.807) is 49.4 Å². The van der Waals surface area contributed by atoms with Crippen molar-refractivity contribution < 1.29 is 27.9 Å². The van der Waals surface area contributed by atoms with E-state index in [2.05, 4.69) is 9.97 Å². The summed E-state index contributed by atoms with van der Waals surface area (Å²) in [6.07, 6.45) is 1.15. The average Bonchev–Trinajstić information content (AvgIpc) is 3.26. The van der Waals surface area contributed by atoms with Crippen molar-refractivity contribution in [2.24, 2.45) is 0 Å². The number of aromatic amines is 1. The Labute approximate surface area is 179 Å². The maximum absolute atomic E-state index is 13.3. The zero-order valence-electron chi connectivity index (χ0n) is 16.6. The van der Waals surface area contributed by atoms with Crippen molar-refractivity contribution >= 4 is 22.1 Å². The summed E-state index contributed by atoms with van der Waals surface area (Å²) in [6, 6.07) is 12.7. The second-order valence-electron chi connectivity index (χ2n) is 6.77. The lowest BCUT2D eigenvalue weighted by Crippen LogP contribution is -2.49. The third-order valence-electron chi connectivity index (χ3n) is 4.49. The van der Waals surface area contributed by atoms with E-state index >= 15 is 0 Å². The summed E-state index contributed by atoms with van der Waals surface area (Å²) in [4.78, 5) is 31.3. The number of aliphatic carboxylic acids is 1. The van der Waals surface area contributed by atoms with Crippen molar-refractivity contribution in [3.63, 3.8) is 0 Å². The Bertz CT molecular complexity index is 1130. The van der Waals surface area contributed by atoms with Gasteiger partial charge in [-0.1, -0.05) is 48.0 Å². The fourth-order valence-electron chi connectivity index (χ4n) is 2.87. The van der Waals surface area contributed by atoms with Gasteiger partial charge in [0.1, 0.15) is 6.61 Å². The third-order valence-corrected chi connectivity index (χ3v) is 6.28. The van der Waals surface area contributed by atoms with Gasteiger partial charge in [-0.05, 0) is 24.6 Å². The molecule has 2 aromatic carbocycles. The number of hydrogen-bond acceptors (Lipinski definition) is 6. The molecule has 1 aromatic heterocycles. The van der Waals surface area contributed by atoms with Crippen LogP contribution in [-0.4, -0.2) is 45.9 Å². The first-order valence-corrected chi connectivity index (χ1v) is 10.8. The first kappa shape index (κ1) is 22.0. The second kappa shape index (κ2) is 9.43. The Morgan fingerprint density at radius 1 is 1.13 bits per heavy atom. The molecule has 1 amide bonds. The Morgan fingerprint density at radius 3 is 2.39 bits per heavy atom. The normalized spacial score (nSPS) is 12.2. The van der Waals surface area contributed by atoms with Gasteiger partial charge in [-0.2, -0.15) is 4.31 Å². The fraction of sp³-hybridized carbons (Fsp3) is 0.190. The molecule has 0 aliphatic heterocycles. The average molecular weight is 443 g/mol. The topological polar surface area (TPSA) is 130 Å². The largest absolute Gasteiger partial charge is 0.480 e. The molecule has 0 saturated heterocycles. The Hall–Kier alpha value is -3.66. The maximum atomic E-state index is 13.3. The van der Waals surface area contributed by atoms with Crippen LogP contribution in [0.5, 0.6) is 0 Å². The van der Waals surface area contributed by atoms with Crippen LogP contribution in [0.1, 0.15) is 16.8 Å². The number of rotatable bonds is 8. The van der Waals surface area contributed by atoms with E-state index in [9.17, 15) is 23.1 Å². The number of sulfonamides is 1. The highest BCUT2D eigenvalue weighted by atomic mass is 32.2. The molecule has 1 atom stereocenters. The monoisotopic (exact) mass is 443 g/mol. The number of H-pyrrole nitrogens is 1. The predicted octanol–water partition coefficient (Wildman–Crippen LogP) is 2.74. The molecule has 0 radical (unpaired) electrons. The number of ether oxygens (including phenoxy) is 1. The number of aryl methyl sites for hydroxylation is 1. The highest BCUT2D eigenvalue weighted by Gasteiger charge is 2.41. The van der Waals surface area contributed by atoms with Gasteiger partial charge in [-0.3, -0.25) is 0 Å². The summed E-state index contributed by atoms with van der Waals surface area (Å²) >= 11 is 0. The van der Waals surface area contributed by atoms with Crippen molar-refractivity contribution in [3.8, 4) is 0 Å². The quantitative estimate of drug-likeness (QED) is 0.547. The fourth-order valence-corrected chi connectivity index (χ4v) is 4.33. The smallest absolute Gasteiger partial charge is 0.425 e. The molecule has 0 unspecified atom stereocenters. The summed E-state index contributed by atoms with van der Waals surface area (Å²) in [6.45, 7) is 1.56. The minimum atomic E-state index is -4.53. The lowest BCUT2D eigenvalue weighted by molar-refractivity contribution is -0.141. The van der Waals surface area contributed by atoms with Crippen molar-refractivity contribution in [1.82, 2.24) is 14.3 Å². The van der Waals surface area contributed by atoms with Gasteiger partial charge in [0.2, 0.25) is 0 Å². The van der Waals surface area contributed by atoms with Crippen LogP contribution in [0.2, 0.25) is 0 Å². The minimum Gasteiger partial charge on any atom is -0.480 e. The minimum absolute atomic E-state index is 0.214. The molecule has 1 heterocycles. The van der Waals surface area contributed by atoms with Crippen LogP contribution in [0.3, 0.4) is 0 Å².